The summed E-state index contributed by atoms with van der Waals surface area (Å²) in [6, 6.07) is 14.5. The molecule has 2 heterocycles. The van der Waals surface area contributed by atoms with Crippen LogP contribution in [0.1, 0.15) is 40.5 Å². The van der Waals surface area contributed by atoms with Gasteiger partial charge in [0.1, 0.15) is 5.75 Å². The number of halogens is 3. The van der Waals surface area contributed by atoms with Crippen molar-refractivity contribution in [3.63, 3.8) is 0 Å². The molecular formula is C24H20F3NO3. The second kappa shape index (κ2) is 8.06. The van der Waals surface area contributed by atoms with E-state index in [0.717, 1.165) is 22.3 Å². The van der Waals surface area contributed by atoms with Gasteiger partial charge in [0, 0.05) is 19.0 Å². The predicted octanol–water partition coefficient (Wildman–Crippen LogP) is 5.69. The van der Waals surface area contributed by atoms with Crippen molar-refractivity contribution < 1.29 is 27.5 Å². The Kier molecular flexibility index (Phi) is 5.43. The Hall–Kier alpha value is -3.35. The highest BCUT2D eigenvalue weighted by Crippen LogP contribution is 2.30. The van der Waals surface area contributed by atoms with Gasteiger partial charge in [-0.1, -0.05) is 30.3 Å². The lowest BCUT2D eigenvalue weighted by atomic mass is 9.92. The van der Waals surface area contributed by atoms with E-state index in [2.05, 4.69) is 4.74 Å². The first kappa shape index (κ1) is 20.9. The Morgan fingerprint density at radius 2 is 1.81 bits per heavy atom. The number of carbonyl (C=O) groups is 2. The third-order valence-corrected chi connectivity index (χ3v) is 5.55. The van der Waals surface area contributed by atoms with Crippen molar-refractivity contribution in [1.82, 2.24) is 4.57 Å². The largest absolute Gasteiger partial charge is 0.573 e. The van der Waals surface area contributed by atoms with Crippen LogP contribution >= 0.6 is 0 Å². The second-order valence-electron chi connectivity index (χ2n) is 7.63. The fourth-order valence-electron chi connectivity index (χ4n) is 3.98. The zero-order valence-electron chi connectivity index (χ0n) is 16.8. The zero-order valence-corrected chi connectivity index (χ0v) is 16.8. The van der Waals surface area contributed by atoms with Crippen molar-refractivity contribution in [2.45, 2.75) is 38.6 Å². The third-order valence-electron chi connectivity index (χ3n) is 5.55. The molecule has 4 rings (SSSR count). The summed E-state index contributed by atoms with van der Waals surface area (Å²) < 4.78 is 42.6. The van der Waals surface area contributed by atoms with Crippen LogP contribution in [0.2, 0.25) is 0 Å². The number of benzene rings is 2. The summed E-state index contributed by atoms with van der Waals surface area (Å²) in [5, 5.41) is 0. The molecule has 0 amide bonds. The minimum Gasteiger partial charge on any atom is -0.406 e. The lowest BCUT2D eigenvalue weighted by Gasteiger charge is -2.24. The molecular weight excluding hydrogens is 407 g/mol. The maximum absolute atomic E-state index is 13.0. The van der Waals surface area contributed by atoms with E-state index in [0.29, 0.717) is 18.5 Å². The van der Waals surface area contributed by atoms with Crippen LogP contribution < -0.4 is 4.74 Å². The van der Waals surface area contributed by atoms with Crippen molar-refractivity contribution in [2.24, 2.45) is 0 Å². The maximum Gasteiger partial charge on any atom is 0.573 e. The number of hydrogen-bond donors (Lipinski definition) is 0. The number of carbonyl (C=O) groups excluding carboxylic acids is 2. The summed E-state index contributed by atoms with van der Waals surface area (Å²) in [5.74, 6) is -0.166. The molecule has 0 saturated heterocycles. The highest BCUT2D eigenvalue weighted by Gasteiger charge is 2.31. The van der Waals surface area contributed by atoms with Crippen LogP contribution in [-0.4, -0.2) is 22.5 Å². The molecule has 7 heteroatoms. The number of aryl methyl sites for hydroxylation is 1. The number of fused-ring (bicyclic) bond motifs is 1. The molecule has 1 atom stereocenters. The quantitative estimate of drug-likeness (QED) is 0.526. The van der Waals surface area contributed by atoms with Crippen molar-refractivity contribution in [2.75, 3.05) is 0 Å². The van der Waals surface area contributed by atoms with Gasteiger partial charge in [-0.25, -0.2) is 0 Å². The minimum absolute atomic E-state index is 0.0504. The molecule has 1 aromatic heterocycles. The number of aromatic nitrogens is 1. The van der Waals surface area contributed by atoms with E-state index in [1.807, 2.05) is 25.1 Å². The third kappa shape index (κ3) is 4.55. The maximum atomic E-state index is 13.0. The van der Waals surface area contributed by atoms with Crippen molar-refractivity contribution in [3.8, 4) is 16.9 Å². The Labute approximate surface area is 177 Å². The summed E-state index contributed by atoms with van der Waals surface area (Å²) in [5.41, 5.74) is 3.97. The summed E-state index contributed by atoms with van der Waals surface area (Å²) >= 11 is 0. The Balaban J connectivity index is 1.49. The molecule has 0 saturated carbocycles. The van der Waals surface area contributed by atoms with Crippen LogP contribution in [0.3, 0.4) is 0 Å². The average Bonchev–Trinajstić information content (AvgIpc) is 3.20. The van der Waals surface area contributed by atoms with Gasteiger partial charge in [-0.15, -0.1) is 13.2 Å². The number of hydrogen-bond acceptors (Lipinski definition) is 3. The lowest BCUT2D eigenvalue weighted by Crippen LogP contribution is -2.28. The van der Waals surface area contributed by atoms with Crippen LogP contribution in [0.25, 0.3) is 11.1 Å². The summed E-state index contributed by atoms with van der Waals surface area (Å²) in [6.07, 6.45) is -1.83. The first-order chi connectivity index (χ1) is 14.7. The smallest absolute Gasteiger partial charge is 0.406 e. The van der Waals surface area contributed by atoms with Gasteiger partial charge in [0.05, 0.1) is 11.7 Å². The van der Waals surface area contributed by atoms with Crippen LogP contribution in [-0.2, 0) is 11.2 Å². The lowest BCUT2D eigenvalue weighted by molar-refractivity contribution is -0.274. The molecule has 0 aliphatic carbocycles. The Morgan fingerprint density at radius 1 is 1.10 bits per heavy atom. The molecule has 31 heavy (non-hydrogen) atoms. The monoisotopic (exact) mass is 427 g/mol. The van der Waals surface area contributed by atoms with Gasteiger partial charge in [0.25, 0.3) is 0 Å². The van der Waals surface area contributed by atoms with Gasteiger partial charge in [0.2, 0.25) is 0 Å². The van der Waals surface area contributed by atoms with Gasteiger partial charge in [-0.2, -0.15) is 0 Å². The number of ether oxygens (including phenoxy) is 1. The summed E-state index contributed by atoms with van der Waals surface area (Å²) in [7, 11) is 0. The number of alkyl halides is 3. The standard InChI is InChI=1S/C24H20F3NO3/c1-15-13-18(16-6-8-19(9-7-16)31-24(25,26)27)5-4-17(15)14-23(30)21-10-11-22(29)20-3-2-12-28(20)21/h2-9,12-13,21H,10-11,14H2,1H3. The van der Waals surface area contributed by atoms with E-state index < -0.39 is 6.36 Å². The number of rotatable bonds is 5. The van der Waals surface area contributed by atoms with Gasteiger partial charge in [-0.3, -0.25) is 9.59 Å². The number of Topliss-reactive ketones (excluding diaryl/α,β-unsaturated/α-hetero) is 2. The molecule has 0 spiro atoms. The number of ketones is 2. The van der Waals surface area contributed by atoms with Crippen LogP contribution in [0, 0.1) is 6.92 Å². The second-order valence-corrected chi connectivity index (χ2v) is 7.63. The fourth-order valence-corrected chi connectivity index (χ4v) is 3.98. The molecule has 3 aromatic rings. The molecule has 0 N–H and O–H groups in total. The number of nitrogens with zero attached hydrogens (tertiary/aromatic N) is 1. The SMILES string of the molecule is Cc1cc(-c2ccc(OC(F)(F)F)cc2)ccc1CC(=O)C1CCC(=O)c2cccn21. The fraction of sp³-hybridized carbons (Fsp3) is 0.250. The van der Waals surface area contributed by atoms with Gasteiger partial charge in [-0.05, 0) is 59.9 Å². The van der Waals surface area contributed by atoms with E-state index in [-0.39, 0.29) is 29.8 Å². The topological polar surface area (TPSA) is 48.3 Å². The molecule has 0 radical (unpaired) electrons. The first-order valence-corrected chi connectivity index (χ1v) is 9.90. The molecule has 0 fully saturated rings. The van der Waals surface area contributed by atoms with E-state index in [4.69, 9.17) is 0 Å². The van der Waals surface area contributed by atoms with Crippen molar-refractivity contribution in [3.05, 3.63) is 77.6 Å². The summed E-state index contributed by atoms with van der Waals surface area (Å²) in [4.78, 5) is 24.9. The Morgan fingerprint density at radius 3 is 2.48 bits per heavy atom. The Bertz CT molecular complexity index is 1130. The van der Waals surface area contributed by atoms with Gasteiger partial charge >= 0.3 is 6.36 Å². The highest BCUT2D eigenvalue weighted by atomic mass is 19.4. The molecule has 2 aromatic carbocycles. The van der Waals surface area contributed by atoms with Crippen molar-refractivity contribution in [1.29, 1.82) is 0 Å². The zero-order chi connectivity index (χ0) is 22.2. The minimum atomic E-state index is -4.72. The molecule has 160 valence electrons. The van der Waals surface area contributed by atoms with E-state index in [1.165, 1.54) is 12.1 Å². The predicted molar refractivity (Wildman–Crippen MR) is 109 cm³/mol. The molecule has 1 aliphatic rings. The van der Waals surface area contributed by atoms with E-state index >= 15 is 0 Å². The average molecular weight is 427 g/mol. The van der Waals surface area contributed by atoms with Gasteiger partial charge in [0.15, 0.2) is 11.6 Å². The normalized spacial score (nSPS) is 16.1. The molecule has 1 unspecified atom stereocenters. The molecule has 4 nitrogen and oxygen atoms in total. The van der Waals surface area contributed by atoms with Crippen LogP contribution in [0.4, 0.5) is 13.2 Å². The van der Waals surface area contributed by atoms with E-state index in [1.54, 1.807) is 35.0 Å². The van der Waals surface area contributed by atoms with Crippen molar-refractivity contribution >= 4 is 11.6 Å². The van der Waals surface area contributed by atoms with Crippen LogP contribution in [0.15, 0.2) is 60.8 Å². The highest BCUT2D eigenvalue weighted by molar-refractivity contribution is 5.97. The first-order valence-electron chi connectivity index (χ1n) is 9.90. The molecule has 1 aliphatic heterocycles. The van der Waals surface area contributed by atoms with Gasteiger partial charge < -0.3 is 9.30 Å². The van der Waals surface area contributed by atoms with Crippen LogP contribution in [0.5, 0.6) is 5.75 Å². The summed E-state index contributed by atoms with van der Waals surface area (Å²) in [6.45, 7) is 1.90. The molecule has 0 bridgehead atoms. The van der Waals surface area contributed by atoms with E-state index in [9.17, 15) is 22.8 Å².